The first-order chi connectivity index (χ1) is 15.9. The molecule has 0 unspecified atom stereocenters. The molecule has 1 fully saturated rings. The molecule has 34 heavy (non-hydrogen) atoms. The van der Waals surface area contributed by atoms with Crippen LogP contribution in [0, 0.1) is 5.82 Å². The fraction of sp³-hybridized carbons (Fsp3) is 0.333. The van der Waals surface area contributed by atoms with Crippen molar-refractivity contribution in [2.75, 3.05) is 24.3 Å². The number of hydrogen-bond acceptors (Lipinski definition) is 7. The Hall–Kier alpha value is -3.46. The maximum atomic E-state index is 13.2. The molecule has 0 aliphatic heterocycles. The quantitative estimate of drug-likeness (QED) is 0.505. The highest BCUT2D eigenvalue weighted by molar-refractivity contribution is 5.95. The first kappa shape index (κ1) is 25.2. The topological polar surface area (TPSA) is 106 Å². The summed E-state index contributed by atoms with van der Waals surface area (Å²) < 4.78 is 19.0. The summed E-state index contributed by atoms with van der Waals surface area (Å²) in [6, 6.07) is 11.2. The largest absolute Gasteiger partial charge is 0.438 e. The van der Waals surface area contributed by atoms with Gasteiger partial charge in [-0.25, -0.2) is 14.4 Å². The summed E-state index contributed by atoms with van der Waals surface area (Å²) in [6.07, 6.45) is 5.47. The van der Waals surface area contributed by atoms with Gasteiger partial charge in [-0.2, -0.15) is 4.98 Å². The number of carbonyl (C=O) groups is 1. The van der Waals surface area contributed by atoms with E-state index < -0.39 is 5.91 Å². The highest BCUT2D eigenvalue weighted by atomic mass is 35.5. The average Bonchev–Trinajstić information content (AvgIpc) is 2.81. The highest BCUT2D eigenvalue weighted by Gasteiger charge is 2.25. The van der Waals surface area contributed by atoms with Crippen molar-refractivity contribution in [3.63, 3.8) is 0 Å². The second-order valence-corrected chi connectivity index (χ2v) is 8.33. The molecule has 1 saturated carbocycles. The van der Waals surface area contributed by atoms with Gasteiger partial charge >= 0.3 is 0 Å². The van der Waals surface area contributed by atoms with E-state index in [0.29, 0.717) is 11.7 Å². The van der Waals surface area contributed by atoms with Gasteiger partial charge in [-0.1, -0.05) is 0 Å². The van der Waals surface area contributed by atoms with Gasteiger partial charge in [0.15, 0.2) is 0 Å². The second-order valence-electron chi connectivity index (χ2n) is 8.33. The summed E-state index contributed by atoms with van der Waals surface area (Å²) in [4.78, 5) is 27.3. The van der Waals surface area contributed by atoms with Gasteiger partial charge in [-0.15, -0.1) is 12.4 Å². The Balaban J connectivity index is 0.00000324. The number of primary amides is 1. The van der Waals surface area contributed by atoms with Gasteiger partial charge in [0.05, 0.1) is 0 Å². The molecule has 0 bridgehead atoms. The van der Waals surface area contributed by atoms with Gasteiger partial charge in [0, 0.05) is 37.9 Å². The lowest BCUT2D eigenvalue weighted by atomic mass is 9.84. The number of nitrogens with two attached hydrogens (primary N) is 1. The Bertz CT molecular complexity index is 1120. The molecule has 10 heteroatoms. The molecule has 0 saturated heterocycles. The van der Waals surface area contributed by atoms with Gasteiger partial charge in [0.1, 0.15) is 22.9 Å². The third-order valence-corrected chi connectivity index (χ3v) is 5.75. The number of rotatable bonds is 7. The Labute approximate surface area is 204 Å². The third-order valence-electron chi connectivity index (χ3n) is 5.75. The van der Waals surface area contributed by atoms with Crippen LogP contribution in [0.3, 0.4) is 0 Å². The number of nitrogens with one attached hydrogen (secondary N) is 1. The SMILES string of the molecule is CN(C)c1ccnc(NC2CCC(c3ccc(C(N)=O)c(Oc4ccc(F)cc4)n3)CC2)n1.Cl. The van der Waals surface area contributed by atoms with Crippen LogP contribution in [-0.2, 0) is 0 Å². The van der Waals surface area contributed by atoms with Crippen molar-refractivity contribution >= 4 is 30.1 Å². The predicted molar refractivity (Wildman–Crippen MR) is 131 cm³/mol. The van der Waals surface area contributed by atoms with E-state index in [9.17, 15) is 9.18 Å². The minimum Gasteiger partial charge on any atom is -0.438 e. The smallest absolute Gasteiger partial charge is 0.254 e. The van der Waals surface area contributed by atoms with Crippen LogP contribution in [0.25, 0.3) is 0 Å². The van der Waals surface area contributed by atoms with Crippen molar-refractivity contribution < 1.29 is 13.9 Å². The molecule has 2 heterocycles. The predicted octanol–water partition coefficient (Wildman–Crippen LogP) is 4.53. The minimum absolute atomic E-state index is 0. The Morgan fingerprint density at radius 3 is 2.41 bits per heavy atom. The summed E-state index contributed by atoms with van der Waals surface area (Å²) in [5.41, 5.74) is 6.54. The van der Waals surface area contributed by atoms with Crippen molar-refractivity contribution in [1.29, 1.82) is 0 Å². The maximum absolute atomic E-state index is 13.2. The molecule has 4 rings (SSSR count). The van der Waals surface area contributed by atoms with Crippen LogP contribution in [0.15, 0.2) is 48.7 Å². The number of hydrogen-bond donors (Lipinski definition) is 2. The summed E-state index contributed by atoms with van der Waals surface area (Å²) in [5, 5.41) is 3.43. The zero-order valence-corrected chi connectivity index (χ0v) is 19.9. The number of carbonyl (C=O) groups excluding carboxylic acids is 1. The lowest BCUT2D eigenvalue weighted by Crippen LogP contribution is -2.27. The number of pyridine rings is 1. The number of aromatic nitrogens is 3. The van der Waals surface area contributed by atoms with Crippen LogP contribution in [0.4, 0.5) is 16.2 Å². The molecule has 1 amide bonds. The summed E-state index contributed by atoms with van der Waals surface area (Å²) >= 11 is 0. The van der Waals surface area contributed by atoms with E-state index in [2.05, 4.69) is 20.3 Å². The van der Waals surface area contributed by atoms with Crippen molar-refractivity contribution in [2.24, 2.45) is 5.73 Å². The zero-order chi connectivity index (χ0) is 23.4. The molecule has 2 aromatic heterocycles. The first-order valence-corrected chi connectivity index (χ1v) is 10.9. The number of benzene rings is 1. The molecular formula is C24H28ClFN6O2. The number of ether oxygens (including phenoxy) is 1. The van der Waals surface area contributed by atoms with E-state index in [1.54, 1.807) is 12.3 Å². The van der Waals surface area contributed by atoms with E-state index in [-0.39, 0.29) is 41.6 Å². The number of amides is 1. The lowest BCUT2D eigenvalue weighted by molar-refractivity contribution is 0.0997. The van der Waals surface area contributed by atoms with Crippen LogP contribution in [0.5, 0.6) is 11.6 Å². The second kappa shape index (κ2) is 11.1. The molecule has 0 radical (unpaired) electrons. The number of nitrogens with zero attached hydrogens (tertiary/aromatic N) is 4. The van der Waals surface area contributed by atoms with Crippen LogP contribution >= 0.6 is 12.4 Å². The molecule has 3 aromatic rings. The highest BCUT2D eigenvalue weighted by Crippen LogP contribution is 2.35. The van der Waals surface area contributed by atoms with Gasteiger partial charge in [0.2, 0.25) is 11.8 Å². The van der Waals surface area contributed by atoms with Crippen molar-refractivity contribution in [2.45, 2.75) is 37.6 Å². The summed E-state index contributed by atoms with van der Waals surface area (Å²) in [5.74, 6) is 1.24. The number of halogens is 2. The van der Waals surface area contributed by atoms with Gasteiger partial charge in [-0.3, -0.25) is 4.79 Å². The monoisotopic (exact) mass is 486 g/mol. The third kappa shape index (κ3) is 6.11. The van der Waals surface area contributed by atoms with Crippen molar-refractivity contribution in [3.8, 4) is 11.6 Å². The Morgan fingerprint density at radius 2 is 1.76 bits per heavy atom. The summed E-state index contributed by atoms with van der Waals surface area (Å²) in [7, 11) is 3.89. The summed E-state index contributed by atoms with van der Waals surface area (Å²) in [6.45, 7) is 0. The molecule has 0 spiro atoms. The van der Waals surface area contributed by atoms with Gasteiger partial charge in [0.25, 0.3) is 5.91 Å². The molecule has 3 N–H and O–H groups in total. The molecule has 1 aliphatic rings. The lowest BCUT2D eigenvalue weighted by Gasteiger charge is -2.29. The van der Waals surface area contributed by atoms with E-state index >= 15 is 0 Å². The number of anilines is 2. The van der Waals surface area contributed by atoms with E-state index in [4.69, 9.17) is 10.5 Å². The van der Waals surface area contributed by atoms with E-state index in [1.165, 1.54) is 24.3 Å². The minimum atomic E-state index is -0.626. The van der Waals surface area contributed by atoms with Crippen LogP contribution < -0.4 is 20.7 Å². The first-order valence-electron chi connectivity index (χ1n) is 10.9. The molecule has 1 aromatic carbocycles. The van der Waals surface area contributed by atoms with Gasteiger partial charge < -0.3 is 20.7 Å². The standard InChI is InChI=1S/C24H27FN6O2.ClH/c1-31(2)21-13-14-27-24(30-21)28-17-7-3-15(4-8-17)20-12-11-19(22(26)32)23(29-20)33-18-9-5-16(25)6-10-18;/h5-6,9-15,17H,3-4,7-8H2,1-2H3,(H2,26,32)(H,27,28,30);1H. The van der Waals surface area contributed by atoms with E-state index in [1.807, 2.05) is 31.1 Å². The Morgan fingerprint density at radius 1 is 1.06 bits per heavy atom. The molecule has 180 valence electrons. The molecular weight excluding hydrogens is 459 g/mol. The van der Waals surface area contributed by atoms with Gasteiger partial charge in [-0.05, 0) is 68.1 Å². The fourth-order valence-corrected chi connectivity index (χ4v) is 3.95. The maximum Gasteiger partial charge on any atom is 0.254 e. The molecule has 0 atom stereocenters. The van der Waals surface area contributed by atoms with Crippen molar-refractivity contribution in [3.05, 3.63) is 65.7 Å². The average molecular weight is 487 g/mol. The fourth-order valence-electron chi connectivity index (χ4n) is 3.95. The molecule has 1 aliphatic carbocycles. The normalized spacial score (nSPS) is 17.4. The van der Waals surface area contributed by atoms with E-state index in [0.717, 1.165) is 37.2 Å². The van der Waals surface area contributed by atoms with Crippen LogP contribution in [0.2, 0.25) is 0 Å². The van der Waals surface area contributed by atoms with Crippen LogP contribution in [0.1, 0.15) is 47.7 Å². The van der Waals surface area contributed by atoms with Crippen LogP contribution in [-0.4, -0.2) is 41.0 Å². The zero-order valence-electron chi connectivity index (χ0n) is 19.1. The molecule has 8 nitrogen and oxygen atoms in total. The van der Waals surface area contributed by atoms with Crippen molar-refractivity contribution in [1.82, 2.24) is 15.0 Å². The Kier molecular flexibility index (Phi) is 8.22.